The SMILES string of the molecule is CC(CCCl)c1ccc(/C=C/C2=[N+](C)c3ccccc3C2(C)C)cc1. The van der Waals surface area contributed by atoms with Gasteiger partial charge in [-0.3, -0.25) is 0 Å². The first-order valence-corrected chi connectivity index (χ1v) is 9.53. The first kappa shape index (κ1) is 17.9. The van der Waals surface area contributed by atoms with Gasteiger partial charge in [0.25, 0.3) is 0 Å². The zero-order valence-corrected chi connectivity index (χ0v) is 16.3. The van der Waals surface area contributed by atoms with E-state index in [2.05, 4.69) is 93.1 Å². The van der Waals surface area contributed by atoms with Crippen molar-refractivity contribution in [3.8, 4) is 0 Å². The maximum Gasteiger partial charge on any atom is 0.209 e. The average Bonchev–Trinajstić information content (AvgIpc) is 2.81. The average molecular weight is 353 g/mol. The van der Waals surface area contributed by atoms with Crippen LogP contribution in [0.4, 0.5) is 5.69 Å². The molecule has 2 heteroatoms. The number of benzene rings is 2. The Morgan fingerprint density at radius 2 is 1.72 bits per heavy atom. The molecule has 1 aliphatic heterocycles. The van der Waals surface area contributed by atoms with E-state index in [4.69, 9.17) is 11.6 Å². The van der Waals surface area contributed by atoms with Crippen LogP contribution >= 0.6 is 11.6 Å². The Morgan fingerprint density at radius 1 is 1.04 bits per heavy atom. The molecule has 0 saturated carbocycles. The van der Waals surface area contributed by atoms with Gasteiger partial charge in [-0.2, -0.15) is 4.58 Å². The van der Waals surface area contributed by atoms with E-state index >= 15 is 0 Å². The molecule has 1 unspecified atom stereocenters. The van der Waals surface area contributed by atoms with Crippen LogP contribution in [0.2, 0.25) is 0 Å². The van der Waals surface area contributed by atoms with Crippen molar-refractivity contribution >= 4 is 29.1 Å². The molecule has 0 amide bonds. The Hall–Kier alpha value is -1.86. The third-order valence-electron chi connectivity index (χ3n) is 5.42. The maximum atomic E-state index is 5.86. The Morgan fingerprint density at radius 3 is 2.36 bits per heavy atom. The fraction of sp³-hybridized carbons (Fsp3) is 0.348. The summed E-state index contributed by atoms with van der Waals surface area (Å²) in [5, 5.41) is 0. The summed E-state index contributed by atoms with van der Waals surface area (Å²) >= 11 is 5.86. The van der Waals surface area contributed by atoms with Gasteiger partial charge in [0.15, 0.2) is 5.71 Å². The van der Waals surface area contributed by atoms with Gasteiger partial charge in [0, 0.05) is 23.6 Å². The minimum atomic E-state index is 0.0245. The highest BCUT2D eigenvalue weighted by Crippen LogP contribution is 2.39. The van der Waals surface area contributed by atoms with Crippen molar-refractivity contribution in [3.05, 3.63) is 71.3 Å². The van der Waals surface area contributed by atoms with Gasteiger partial charge in [0.05, 0.1) is 5.41 Å². The summed E-state index contributed by atoms with van der Waals surface area (Å²) in [6, 6.07) is 17.5. The second-order valence-corrected chi connectivity index (χ2v) is 7.84. The summed E-state index contributed by atoms with van der Waals surface area (Å²) < 4.78 is 2.31. The molecule has 1 atom stereocenters. The molecule has 0 fully saturated rings. The normalized spacial score (nSPS) is 17.2. The zero-order chi connectivity index (χ0) is 18.0. The molecule has 0 N–H and O–H groups in total. The smallest absolute Gasteiger partial charge is 0.198 e. The van der Waals surface area contributed by atoms with Gasteiger partial charge in [-0.05, 0) is 43.4 Å². The van der Waals surface area contributed by atoms with Crippen LogP contribution < -0.4 is 0 Å². The second kappa shape index (κ2) is 7.17. The quantitative estimate of drug-likeness (QED) is 0.449. The number of para-hydroxylation sites is 1. The molecule has 0 radical (unpaired) electrons. The number of allylic oxidation sites excluding steroid dienone is 1. The fourth-order valence-corrected chi connectivity index (χ4v) is 4.07. The van der Waals surface area contributed by atoms with Crippen molar-refractivity contribution in [2.24, 2.45) is 0 Å². The van der Waals surface area contributed by atoms with Gasteiger partial charge < -0.3 is 0 Å². The molecule has 1 nitrogen and oxygen atoms in total. The van der Waals surface area contributed by atoms with Gasteiger partial charge in [0.2, 0.25) is 5.69 Å². The number of fused-ring (bicyclic) bond motifs is 1. The lowest BCUT2D eigenvalue weighted by molar-refractivity contribution is -0.401. The number of nitrogens with zero attached hydrogens (tertiary/aromatic N) is 1. The van der Waals surface area contributed by atoms with Crippen LogP contribution in [0.25, 0.3) is 6.08 Å². The van der Waals surface area contributed by atoms with E-state index in [0.717, 1.165) is 6.42 Å². The minimum absolute atomic E-state index is 0.0245. The summed E-state index contributed by atoms with van der Waals surface area (Å²) in [7, 11) is 2.16. The summed E-state index contributed by atoms with van der Waals surface area (Å²) in [6.45, 7) is 6.83. The van der Waals surface area contributed by atoms with Gasteiger partial charge >= 0.3 is 0 Å². The molecule has 0 aromatic heterocycles. The molecule has 2 aromatic carbocycles. The lowest BCUT2D eigenvalue weighted by atomic mass is 9.81. The van der Waals surface area contributed by atoms with Gasteiger partial charge in [0.1, 0.15) is 7.05 Å². The maximum absolute atomic E-state index is 5.86. The van der Waals surface area contributed by atoms with E-state index in [1.54, 1.807) is 0 Å². The summed E-state index contributed by atoms with van der Waals surface area (Å²) in [5.41, 5.74) is 6.63. The molecule has 1 aliphatic rings. The number of hydrogen-bond acceptors (Lipinski definition) is 0. The van der Waals surface area contributed by atoms with Crippen LogP contribution in [0.5, 0.6) is 0 Å². The minimum Gasteiger partial charge on any atom is -0.198 e. The van der Waals surface area contributed by atoms with Crippen LogP contribution in [0, 0.1) is 0 Å². The van der Waals surface area contributed by atoms with E-state index in [1.807, 2.05) is 0 Å². The van der Waals surface area contributed by atoms with Crippen molar-refractivity contribution in [1.29, 1.82) is 0 Å². The van der Waals surface area contributed by atoms with Crippen LogP contribution in [-0.2, 0) is 5.41 Å². The molecule has 0 saturated heterocycles. The third-order valence-corrected chi connectivity index (χ3v) is 5.64. The highest BCUT2D eigenvalue weighted by Gasteiger charge is 2.42. The molecule has 130 valence electrons. The number of halogens is 1. The molecule has 3 rings (SSSR count). The van der Waals surface area contributed by atoms with Crippen molar-refractivity contribution in [2.45, 2.75) is 38.5 Å². The number of alkyl halides is 1. The Bertz CT molecular complexity index is 812. The molecule has 1 heterocycles. The second-order valence-electron chi connectivity index (χ2n) is 7.47. The number of rotatable bonds is 5. The highest BCUT2D eigenvalue weighted by atomic mass is 35.5. The monoisotopic (exact) mass is 352 g/mol. The standard InChI is InChI=1S/C23H27ClN/c1-17(15-16-24)19-12-9-18(10-13-19)11-14-22-23(2,3)20-7-5-6-8-21(20)25(22)4/h5-14,17H,15-16H2,1-4H3/q+1/b14-11+. The van der Waals surface area contributed by atoms with Crippen LogP contribution in [0.3, 0.4) is 0 Å². The third kappa shape index (κ3) is 3.43. The lowest BCUT2D eigenvalue weighted by Gasteiger charge is -2.15. The lowest BCUT2D eigenvalue weighted by Crippen LogP contribution is -2.26. The van der Waals surface area contributed by atoms with Gasteiger partial charge in [-0.1, -0.05) is 49.4 Å². The van der Waals surface area contributed by atoms with E-state index in [1.165, 1.54) is 28.1 Å². The first-order chi connectivity index (χ1) is 11.9. The van der Waals surface area contributed by atoms with Crippen molar-refractivity contribution in [1.82, 2.24) is 0 Å². The molecule has 0 bridgehead atoms. The molecule has 2 aromatic rings. The largest absolute Gasteiger partial charge is 0.209 e. The number of hydrogen-bond donors (Lipinski definition) is 0. The van der Waals surface area contributed by atoms with Gasteiger partial charge in [-0.25, -0.2) is 0 Å². The fourth-order valence-electron chi connectivity index (χ4n) is 3.74. The Balaban J connectivity index is 1.84. The van der Waals surface area contributed by atoms with Crippen LogP contribution in [0.1, 0.15) is 49.8 Å². The van der Waals surface area contributed by atoms with Crippen molar-refractivity contribution < 1.29 is 4.58 Å². The first-order valence-electron chi connectivity index (χ1n) is 9.00. The van der Waals surface area contributed by atoms with Crippen LogP contribution in [-0.4, -0.2) is 23.2 Å². The molecule has 25 heavy (non-hydrogen) atoms. The topological polar surface area (TPSA) is 3.01 Å². The predicted molar refractivity (Wildman–Crippen MR) is 110 cm³/mol. The molecule has 0 spiro atoms. The molecule has 0 aliphatic carbocycles. The summed E-state index contributed by atoms with van der Waals surface area (Å²) in [4.78, 5) is 0. The molecular formula is C23H27ClN+. The van der Waals surface area contributed by atoms with Crippen molar-refractivity contribution in [2.75, 3.05) is 12.9 Å². The summed E-state index contributed by atoms with van der Waals surface area (Å²) in [5.74, 6) is 1.22. The van der Waals surface area contributed by atoms with Crippen molar-refractivity contribution in [3.63, 3.8) is 0 Å². The zero-order valence-electron chi connectivity index (χ0n) is 15.6. The Labute approximate surface area is 156 Å². The van der Waals surface area contributed by atoms with E-state index in [9.17, 15) is 0 Å². The van der Waals surface area contributed by atoms with E-state index in [-0.39, 0.29) is 5.41 Å². The highest BCUT2D eigenvalue weighted by molar-refractivity contribution is 6.17. The van der Waals surface area contributed by atoms with Crippen LogP contribution in [0.15, 0.2) is 54.6 Å². The summed E-state index contributed by atoms with van der Waals surface area (Å²) in [6.07, 6.45) is 5.50. The van der Waals surface area contributed by atoms with Gasteiger partial charge in [-0.15, -0.1) is 11.6 Å². The van der Waals surface area contributed by atoms with E-state index < -0.39 is 0 Å². The Kier molecular flexibility index (Phi) is 5.15. The molecular weight excluding hydrogens is 326 g/mol. The van der Waals surface area contributed by atoms with E-state index in [0.29, 0.717) is 11.8 Å². The predicted octanol–water partition coefficient (Wildman–Crippen LogP) is 6.14.